The first-order chi connectivity index (χ1) is 7.66. The SMILES string of the molecule is [B]C(C)CCCCC(C)CCCCCCC. The lowest BCUT2D eigenvalue weighted by molar-refractivity contribution is 0.435. The minimum atomic E-state index is 0.393. The van der Waals surface area contributed by atoms with Gasteiger partial charge in [0.05, 0.1) is 7.85 Å². The highest BCUT2D eigenvalue weighted by atomic mass is 14.1. The van der Waals surface area contributed by atoms with E-state index >= 15 is 0 Å². The van der Waals surface area contributed by atoms with Crippen LogP contribution in [0.1, 0.15) is 85.0 Å². The van der Waals surface area contributed by atoms with Crippen LogP contribution in [0.2, 0.25) is 5.82 Å². The van der Waals surface area contributed by atoms with Crippen LogP contribution in [0.4, 0.5) is 0 Å². The summed E-state index contributed by atoms with van der Waals surface area (Å²) < 4.78 is 0. The molecule has 94 valence electrons. The Bertz CT molecular complexity index is 131. The second kappa shape index (κ2) is 11.5. The molecule has 0 nitrogen and oxygen atoms in total. The van der Waals surface area contributed by atoms with Gasteiger partial charge in [-0.05, 0) is 5.92 Å². The van der Waals surface area contributed by atoms with Crippen LogP contribution in [0.3, 0.4) is 0 Å². The Balaban J connectivity index is 3.15. The van der Waals surface area contributed by atoms with Gasteiger partial charge < -0.3 is 0 Å². The highest BCUT2D eigenvalue weighted by Crippen LogP contribution is 2.18. The predicted octanol–water partition coefficient (Wildman–Crippen LogP) is 5.52. The van der Waals surface area contributed by atoms with E-state index in [1.54, 1.807) is 0 Å². The summed E-state index contributed by atoms with van der Waals surface area (Å²) in [7, 11) is 5.74. The van der Waals surface area contributed by atoms with Gasteiger partial charge in [-0.3, -0.25) is 0 Å². The van der Waals surface area contributed by atoms with E-state index in [-0.39, 0.29) is 0 Å². The zero-order chi connectivity index (χ0) is 12.2. The summed E-state index contributed by atoms with van der Waals surface area (Å²) in [4.78, 5) is 0. The first kappa shape index (κ1) is 16.1. The highest BCUT2D eigenvalue weighted by molar-refractivity contribution is 6.11. The summed E-state index contributed by atoms with van der Waals surface area (Å²) in [6.07, 6.45) is 13.8. The van der Waals surface area contributed by atoms with Crippen molar-refractivity contribution >= 4 is 7.85 Å². The van der Waals surface area contributed by atoms with Gasteiger partial charge in [0.25, 0.3) is 0 Å². The van der Waals surface area contributed by atoms with Crippen molar-refractivity contribution in [1.29, 1.82) is 0 Å². The van der Waals surface area contributed by atoms with Crippen molar-refractivity contribution in [3.05, 3.63) is 0 Å². The topological polar surface area (TPSA) is 0 Å². The molecule has 0 aliphatic rings. The van der Waals surface area contributed by atoms with Crippen LogP contribution < -0.4 is 0 Å². The molecule has 0 fully saturated rings. The van der Waals surface area contributed by atoms with Crippen LogP contribution in [0, 0.1) is 5.92 Å². The van der Waals surface area contributed by atoms with E-state index in [0.29, 0.717) is 5.82 Å². The van der Waals surface area contributed by atoms with E-state index in [1.807, 2.05) is 0 Å². The molecule has 0 heterocycles. The molecule has 1 heteroatoms. The summed E-state index contributed by atoms with van der Waals surface area (Å²) in [5.74, 6) is 1.32. The second-order valence-electron chi connectivity index (χ2n) is 5.57. The van der Waals surface area contributed by atoms with Crippen LogP contribution in [-0.4, -0.2) is 7.85 Å². The van der Waals surface area contributed by atoms with Crippen molar-refractivity contribution in [3.63, 3.8) is 0 Å². The molecule has 0 rings (SSSR count). The summed E-state index contributed by atoms with van der Waals surface area (Å²) in [5.41, 5.74) is 0. The van der Waals surface area contributed by atoms with E-state index in [2.05, 4.69) is 20.8 Å². The fraction of sp³-hybridized carbons (Fsp3) is 1.00. The maximum Gasteiger partial charge on any atom is 0.0695 e. The average Bonchev–Trinajstić information content (AvgIpc) is 2.24. The molecule has 0 spiro atoms. The number of hydrogen-bond donors (Lipinski definition) is 0. The molecule has 2 unspecified atom stereocenters. The van der Waals surface area contributed by atoms with E-state index in [1.165, 1.54) is 64.2 Å². The van der Waals surface area contributed by atoms with E-state index < -0.39 is 0 Å². The smallest absolute Gasteiger partial charge is 0.0695 e. The number of rotatable bonds is 11. The Morgan fingerprint density at radius 3 is 1.81 bits per heavy atom. The molecule has 16 heavy (non-hydrogen) atoms. The predicted molar refractivity (Wildman–Crippen MR) is 76.2 cm³/mol. The Kier molecular flexibility index (Phi) is 11.6. The fourth-order valence-corrected chi connectivity index (χ4v) is 2.20. The van der Waals surface area contributed by atoms with Gasteiger partial charge in [0.15, 0.2) is 0 Å². The molecule has 0 saturated carbocycles. The van der Waals surface area contributed by atoms with Crippen molar-refractivity contribution in [3.8, 4) is 0 Å². The van der Waals surface area contributed by atoms with Gasteiger partial charge >= 0.3 is 0 Å². The van der Waals surface area contributed by atoms with Gasteiger partial charge in [-0.1, -0.05) is 90.8 Å². The van der Waals surface area contributed by atoms with Crippen LogP contribution in [-0.2, 0) is 0 Å². The third-order valence-electron chi connectivity index (χ3n) is 3.41. The first-order valence-corrected chi connectivity index (χ1v) is 7.42. The monoisotopic (exact) mass is 222 g/mol. The first-order valence-electron chi connectivity index (χ1n) is 7.42. The standard InChI is InChI=1S/C15H31B/c1-4-5-6-7-8-11-14(2)12-9-10-13-15(3)16/h14-15H,4-13H2,1-3H3. The number of hydrogen-bond acceptors (Lipinski definition) is 0. The number of unbranched alkanes of at least 4 members (excludes halogenated alkanes) is 5. The zero-order valence-corrected chi connectivity index (χ0v) is 11.8. The quantitative estimate of drug-likeness (QED) is 0.319. The van der Waals surface area contributed by atoms with Gasteiger partial charge in [-0.2, -0.15) is 0 Å². The molecule has 0 amide bonds. The molecule has 0 saturated heterocycles. The van der Waals surface area contributed by atoms with Crippen LogP contribution in [0.5, 0.6) is 0 Å². The minimum absolute atomic E-state index is 0.393. The van der Waals surface area contributed by atoms with Crippen molar-refractivity contribution in [2.45, 2.75) is 90.8 Å². The highest BCUT2D eigenvalue weighted by Gasteiger charge is 2.02. The van der Waals surface area contributed by atoms with Gasteiger partial charge in [0, 0.05) is 0 Å². The minimum Gasteiger partial charge on any atom is -0.0802 e. The van der Waals surface area contributed by atoms with Crippen molar-refractivity contribution < 1.29 is 0 Å². The molecular formula is C15H31B. The summed E-state index contributed by atoms with van der Waals surface area (Å²) >= 11 is 0. The molecule has 0 aliphatic carbocycles. The fourth-order valence-electron chi connectivity index (χ4n) is 2.20. The molecule has 0 aromatic rings. The molecule has 0 N–H and O–H groups in total. The van der Waals surface area contributed by atoms with E-state index in [4.69, 9.17) is 7.85 Å². The van der Waals surface area contributed by atoms with E-state index in [9.17, 15) is 0 Å². The maximum absolute atomic E-state index is 5.74. The van der Waals surface area contributed by atoms with E-state index in [0.717, 1.165) is 5.92 Å². The zero-order valence-electron chi connectivity index (χ0n) is 11.8. The molecule has 0 aliphatic heterocycles. The summed E-state index contributed by atoms with van der Waals surface area (Å²) in [5, 5.41) is 0. The Morgan fingerprint density at radius 1 is 0.750 bits per heavy atom. The molecule has 2 radical (unpaired) electrons. The van der Waals surface area contributed by atoms with Crippen molar-refractivity contribution in [2.75, 3.05) is 0 Å². The summed E-state index contributed by atoms with van der Waals surface area (Å²) in [6, 6.07) is 0. The third kappa shape index (κ3) is 12.1. The van der Waals surface area contributed by atoms with Gasteiger partial charge in [0.2, 0.25) is 0 Å². The lowest BCUT2D eigenvalue weighted by atomic mass is 9.84. The van der Waals surface area contributed by atoms with Crippen molar-refractivity contribution in [2.24, 2.45) is 5.92 Å². The Labute approximate surface area is 105 Å². The van der Waals surface area contributed by atoms with Gasteiger partial charge in [-0.15, -0.1) is 0 Å². The normalized spacial score (nSPS) is 14.9. The molecule has 0 bridgehead atoms. The molecular weight excluding hydrogens is 191 g/mol. The molecule has 0 aromatic heterocycles. The second-order valence-corrected chi connectivity index (χ2v) is 5.57. The molecule has 2 atom stereocenters. The third-order valence-corrected chi connectivity index (χ3v) is 3.41. The van der Waals surface area contributed by atoms with Crippen LogP contribution >= 0.6 is 0 Å². The molecule has 0 aromatic carbocycles. The van der Waals surface area contributed by atoms with Crippen LogP contribution in [0.25, 0.3) is 0 Å². The lowest BCUT2D eigenvalue weighted by Gasteiger charge is -2.11. The Morgan fingerprint density at radius 2 is 1.25 bits per heavy atom. The maximum atomic E-state index is 5.74. The lowest BCUT2D eigenvalue weighted by Crippen LogP contribution is -1.96. The summed E-state index contributed by atoms with van der Waals surface area (Å²) in [6.45, 7) is 6.80. The largest absolute Gasteiger partial charge is 0.0802 e. The van der Waals surface area contributed by atoms with Crippen molar-refractivity contribution in [1.82, 2.24) is 0 Å². The van der Waals surface area contributed by atoms with Gasteiger partial charge in [0.1, 0.15) is 0 Å². The average molecular weight is 222 g/mol. The van der Waals surface area contributed by atoms with Crippen LogP contribution in [0.15, 0.2) is 0 Å². The van der Waals surface area contributed by atoms with Gasteiger partial charge in [-0.25, -0.2) is 0 Å². The Hall–Kier alpha value is 0.0649.